The summed E-state index contributed by atoms with van der Waals surface area (Å²) in [5, 5.41) is 4.15. The second kappa shape index (κ2) is 11.9. The van der Waals surface area contributed by atoms with Crippen molar-refractivity contribution in [2.45, 2.75) is 0 Å². The van der Waals surface area contributed by atoms with Gasteiger partial charge >= 0.3 is 0 Å². The molecule has 5 rings (SSSR count). The van der Waals surface area contributed by atoms with E-state index in [1.165, 1.54) is 0 Å². The topological polar surface area (TPSA) is 59.1 Å². The minimum Gasteiger partial charge on any atom is -0.483 e. The van der Waals surface area contributed by atoms with Crippen LogP contribution in [0, 0.1) is 0 Å². The van der Waals surface area contributed by atoms with Crippen molar-refractivity contribution >= 4 is 97.1 Å². The third-order valence-electron chi connectivity index (χ3n) is 6.45. The Bertz CT molecular complexity index is 1420. The second-order valence-corrected chi connectivity index (χ2v) is 12.2. The normalized spacial score (nSPS) is 13.7. The molecule has 0 bridgehead atoms. The summed E-state index contributed by atoms with van der Waals surface area (Å²) in [4.78, 5) is 29.0. The van der Waals surface area contributed by atoms with E-state index >= 15 is 0 Å². The van der Waals surface area contributed by atoms with E-state index in [-0.39, 0.29) is 25.0 Å². The second-order valence-electron chi connectivity index (χ2n) is 8.83. The lowest BCUT2D eigenvalue weighted by molar-refractivity contribution is -0.141. The zero-order valence-corrected chi connectivity index (χ0v) is 26.4. The van der Waals surface area contributed by atoms with Crippen LogP contribution in [-0.2, 0) is 9.59 Å². The van der Waals surface area contributed by atoms with Crippen molar-refractivity contribution in [2.75, 3.05) is 39.4 Å². The molecule has 0 radical (unpaired) electrons. The van der Waals surface area contributed by atoms with Crippen LogP contribution < -0.4 is 9.47 Å². The SMILES string of the molecule is O=C(COc1ccc2cc(Br)ccc2c1Br)N1CCN(C(=O)COc2ccc3cc(Br)ccc3c2Br)CC1. The molecule has 6 nitrogen and oxygen atoms in total. The maximum absolute atomic E-state index is 12.8. The average Bonchev–Trinajstić information content (AvgIpc) is 2.92. The molecule has 0 N–H and O–H groups in total. The largest absolute Gasteiger partial charge is 0.483 e. The molecule has 4 aromatic rings. The van der Waals surface area contributed by atoms with Crippen molar-refractivity contribution in [1.29, 1.82) is 0 Å². The molecule has 0 aliphatic carbocycles. The number of amides is 2. The van der Waals surface area contributed by atoms with E-state index in [2.05, 4.69) is 63.7 Å². The Morgan fingerprint density at radius 1 is 0.605 bits per heavy atom. The minimum absolute atomic E-state index is 0.0652. The van der Waals surface area contributed by atoms with Gasteiger partial charge in [0.1, 0.15) is 11.5 Å². The standard InChI is InChI=1S/C28H22Br4N2O4/c29-19-3-5-21-17(13-19)1-7-23(27(21)31)37-15-25(35)33-9-11-34(12-10-33)26(36)16-38-24-8-2-18-14-20(30)4-6-22(18)28(24)32/h1-8,13-14H,9-12,15-16H2. The fourth-order valence-corrected chi connectivity index (χ4v) is 6.35. The first kappa shape index (κ1) is 27.4. The Morgan fingerprint density at radius 3 is 1.39 bits per heavy atom. The number of carbonyl (C=O) groups is 2. The average molecular weight is 770 g/mol. The Kier molecular flexibility index (Phi) is 8.62. The molecule has 38 heavy (non-hydrogen) atoms. The molecule has 4 aromatic carbocycles. The predicted molar refractivity (Wildman–Crippen MR) is 163 cm³/mol. The highest BCUT2D eigenvalue weighted by Gasteiger charge is 2.25. The summed E-state index contributed by atoms with van der Waals surface area (Å²) >= 11 is 14.2. The molecule has 0 spiro atoms. The number of hydrogen-bond donors (Lipinski definition) is 0. The number of carbonyl (C=O) groups excluding carboxylic acids is 2. The van der Waals surface area contributed by atoms with Gasteiger partial charge in [0.25, 0.3) is 11.8 Å². The molecule has 0 unspecified atom stereocenters. The zero-order chi connectivity index (χ0) is 26.8. The summed E-state index contributed by atoms with van der Waals surface area (Å²) in [5.74, 6) is 1.02. The van der Waals surface area contributed by atoms with E-state index in [0.29, 0.717) is 37.7 Å². The lowest BCUT2D eigenvalue weighted by Gasteiger charge is -2.34. The first-order valence-corrected chi connectivity index (χ1v) is 15.0. The Morgan fingerprint density at radius 2 is 1.00 bits per heavy atom. The highest BCUT2D eigenvalue weighted by atomic mass is 79.9. The van der Waals surface area contributed by atoms with Crippen LogP contribution in [0.15, 0.2) is 78.6 Å². The van der Waals surface area contributed by atoms with Crippen molar-refractivity contribution in [3.63, 3.8) is 0 Å². The molecule has 0 saturated carbocycles. The highest BCUT2D eigenvalue weighted by Crippen LogP contribution is 2.35. The van der Waals surface area contributed by atoms with Crippen LogP contribution >= 0.6 is 63.7 Å². The fraction of sp³-hybridized carbons (Fsp3) is 0.214. The number of ether oxygens (including phenoxy) is 2. The number of hydrogen-bond acceptors (Lipinski definition) is 4. The van der Waals surface area contributed by atoms with E-state index < -0.39 is 0 Å². The molecule has 0 aromatic heterocycles. The van der Waals surface area contributed by atoms with Gasteiger partial charge in [-0.15, -0.1) is 0 Å². The summed E-state index contributed by atoms with van der Waals surface area (Å²) in [6, 6.07) is 19.6. The molecule has 2 amide bonds. The third kappa shape index (κ3) is 6.03. The van der Waals surface area contributed by atoms with Gasteiger partial charge in [-0.2, -0.15) is 0 Å². The van der Waals surface area contributed by atoms with Gasteiger partial charge in [-0.25, -0.2) is 0 Å². The van der Waals surface area contributed by atoms with Gasteiger partial charge < -0.3 is 19.3 Å². The van der Waals surface area contributed by atoms with Crippen LogP contribution in [0.4, 0.5) is 0 Å². The van der Waals surface area contributed by atoms with Crippen molar-refractivity contribution in [3.8, 4) is 11.5 Å². The molecule has 1 aliphatic heterocycles. The molecule has 1 heterocycles. The molecule has 10 heteroatoms. The molecular weight excluding hydrogens is 748 g/mol. The molecule has 0 atom stereocenters. The lowest BCUT2D eigenvalue weighted by atomic mass is 10.1. The predicted octanol–water partition coefficient (Wildman–Crippen LogP) is 7.17. The summed E-state index contributed by atoms with van der Waals surface area (Å²) in [7, 11) is 0. The van der Waals surface area contributed by atoms with Crippen LogP contribution in [0.5, 0.6) is 11.5 Å². The molecule has 1 fully saturated rings. The van der Waals surface area contributed by atoms with Crippen LogP contribution in [0.25, 0.3) is 21.5 Å². The van der Waals surface area contributed by atoms with Gasteiger partial charge in [0, 0.05) is 35.1 Å². The van der Waals surface area contributed by atoms with Crippen LogP contribution in [0.1, 0.15) is 0 Å². The van der Waals surface area contributed by atoms with Gasteiger partial charge in [-0.05, 0) is 89.8 Å². The minimum atomic E-state index is -0.108. The van der Waals surface area contributed by atoms with Crippen molar-refractivity contribution in [1.82, 2.24) is 9.80 Å². The summed E-state index contributed by atoms with van der Waals surface area (Å²) in [6.07, 6.45) is 0. The fourth-order valence-electron chi connectivity index (χ4n) is 4.38. The Balaban J connectivity index is 1.11. The first-order chi connectivity index (χ1) is 18.3. The quantitative estimate of drug-likeness (QED) is 0.209. The van der Waals surface area contributed by atoms with Crippen LogP contribution in [0.2, 0.25) is 0 Å². The molecule has 1 aliphatic rings. The lowest BCUT2D eigenvalue weighted by Crippen LogP contribution is -2.52. The van der Waals surface area contributed by atoms with E-state index in [0.717, 1.165) is 39.4 Å². The monoisotopic (exact) mass is 766 g/mol. The molecule has 196 valence electrons. The van der Waals surface area contributed by atoms with E-state index in [1.807, 2.05) is 60.7 Å². The smallest absolute Gasteiger partial charge is 0.260 e. The molecular formula is C28H22Br4N2O4. The number of piperazine rings is 1. The van der Waals surface area contributed by atoms with Gasteiger partial charge in [-0.1, -0.05) is 56.1 Å². The van der Waals surface area contributed by atoms with Crippen LogP contribution in [-0.4, -0.2) is 61.0 Å². The van der Waals surface area contributed by atoms with Gasteiger partial charge in [0.15, 0.2) is 13.2 Å². The van der Waals surface area contributed by atoms with E-state index in [4.69, 9.17) is 9.47 Å². The highest BCUT2D eigenvalue weighted by molar-refractivity contribution is 9.11. The maximum atomic E-state index is 12.8. The molecule has 1 saturated heterocycles. The third-order valence-corrected chi connectivity index (χ3v) is 9.07. The van der Waals surface area contributed by atoms with Crippen molar-refractivity contribution in [3.05, 3.63) is 78.6 Å². The van der Waals surface area contributed by atoms with Crippen molar-refractivity contribution in [2.24, 2.45) is 0 Å². The van der Waals surface area contributed by atoms with Gasteiger partial charge in [-0.3, -0.25) is 9.59 Å². The van der Waals surface area contributed by atoms with E-state index in [1.54, 1.807) is 9.80 Å². The van der Waals surface area contributed by atoms with Crippen molar-refractivity contribution < 1.29 is 19.1 Å². The number of halogens is 4. The number of fused-ring (bicyclic) bond motifs is 2. The van der Waals surface area contributed by atoms with Crippen LogP contribution in [0.3, 0.4) is 0 Å². The zero-order valence-electron chi connectivity index (χ0n) is 20.1. The number of benzene rings is 4. The summed E-state index contributed by atoms with van der Waals surface area (Å²) in [5.41, 5.74) is 0. The summed E-state index contributed by atoms with van der Waals surface area (Å²) in [6.45, 7) is 1.68. The van der Waals surface area contributed by atoms with Gasteiger partial charge in [0.2, 0.25) is 0 Å². The maximum Gasteiger partial charge on any atom is 0.260 e. The Hall–Kier alpha value is -2.14. The Labute approximate surface area is 253 Å². The summed E-state index contributed by atoms with van der Waals surface area (Å²) < 4.78 is 15.3. The first-order valence-electron chi connectivity index (χ1n) is 11.9. The van der Waals surface area contributed by atoms with Gasteiger partial charge in [0.05, 0.1) is 8.95 Å². The van der Waals surface area contributed by atoms with E-state index in [9.17, 15) is 9.59 Å². The number of rotatable bonds is 6. The number of nitrogens with zero attached hydrogens (tertiary/aromatic N) is 2.